The molecular formula is C10H17Br2N3. The Bertz CT molecular complexity index is 250. The lowest BCUT2D eigenvalue weighted by Crippen LogP contribution is -2.35. The molecule has 0 aromatic carbocycles. The number of nitrogens with one attached hydrogen (secondary N) is 2. The van der Waals surface area contributed by atoms with Crippen LogP contribution in [0.15, 0.2) is 24.4 Å². The van der Waals surface area contributed by atoms with Crippen LogP contribution in [0.3, 0.4) is 0 Å². The van der Waals surface area contributed by atoms with Gasteiger partial charge >= 0.3 is 0 Å². The average molecular weight is 339 g/mol. The van der Waals surface area contributed by atoms with Gasteiger partial charge in [-0.1, -0.05) is 6.07 Å². The molecule has 15 heavy (non-hydrogen) atoms. The summed E-state index contributed by atoms with van der Waals surface area (Å²) in [6.07, 6.45) is 4.20. The van der Waals surface area contributed by atoms with Crippen LogP contribution in [0.5, 0.6) is 0 Å². The molecule has 1 aromatic rings. The second kappa shape index (κ2) is 8.07. The van der Waals surface area contributed by atoms with E-state index in [-0.39, 0.29) is 34.0 Å². The fourth-order valence-corrected chi connectivity index (χ4v) is 1.62. The minimum absolute atomic E-state index is 0. The van der Waals surface area contributed by atoms with Crippen molar-refractivity contribution >= 4 is 39.8 Å². The number of piperidine rings is 1. The molecule has 3 nitrogen and oxygen atoms in total. The maximum Gasteiger partial charge on any atom is 0.126 e. The van der Waals surface area contributed by atoms with Gasteiger partial charge in [0.25, 0.3) is 0 Å². The lowest BCUT2D eigenvalue weighted by atomic mass is 10.1. The van der Waals surface area contributed by atoms with Crippen molar-refractivity contribution in [2.45, 2.75) is 18.9 Å². The van der Waals surface area contributed by atoms with E-state index in [4.69, 9.17) is 0 Å². The highest BCUT2D eigenvalue weighted by Gasteiger charge is 2.12. The van der Waals surface area contributed by atoms with Crippen LogP contribution in [0.2, 0.25) is 0 Å². The first-order chi connectivity index (χ1) is 6.45. The fourth-order valence-electron chi connectivity index (χ4n) is 1.62. The van der Waals surface area contributed by atoms with Crippen molar-refractivity contribution in [1.82, 2.24) is 10.3 Å². The summed E-state index contributed by atoms with van der Waals surface area (Å²) in [5.41, 5.74) is 0. The van der Waals surface area contributed by atoms with Gasteiger partial charge in [-0.05, 0) is 38.1 Å². The summed E-state index contributed by atoms with van der Waals surface area (Å²) in [6, 6.07) is 6.56. The predicted molar refractivity (Wildman–Crippen MR) is 74.4 cm³/mol. The van der Waals surface area contributed by atoms with Crippen LogP contribution in [0.4, 0.5) is 5.82 Å². The Morgan fingerprint density at radius 1 is 1.20 bits per heavy atom. The van der Waals surface area contributed by atoms with Gasteiger partial charge in [0, 0.05) is 12.2 Å². The molecule has 0 amide bonds. The Labute approximate surface area is 112 Å². The predicted octanol–water partition coefficient (Wildman–Crippen LogP) is 2.40. The second-order valence-corrected chi connectivity index (χ2v) is 3.38. The minimum atomic E-state index is 0. The van der Waals surface area contributed by atoms with Crippen LogP contribution in [0.1, 0.15) is 12.8 Å². The van der Waals surface area contributed by atoms with Crippen LogP contribution in [-0.4, -0.2) is 24.1 Å². The molecule has 0 unspecified atom stereocenters. The van der Waals surface area contributed by atoms with Crippen molar-refractivity contribution in [1.29, 1.82) is 0 Å². The van der Waals surface area contributed by atoms with E-state index in [1.165, 1.54) is 12.8 Å². The number of rotatable bonds is 2. The smallest absolute Gasteiger partial charge is 0.126 e. The Balaban J connectivity index is 0.000000980. The third-order valence-electron chi connectivity index (χ3n) is 2.36. The van der Waals surface area contributed by atoms with Crippen molar-refractivity contribution in [3.05, 3.63) is 24.4 Å². The molecule has 0 radical (unpaired) electrons. The van der Waals surface area contributed by atoms with Crippen LogP contribution in [0, 0.1) is 0 Å². The number of pyridine rings is 1. The first-order valence-corrected chi connectivity index (χ1v) is 4.83. The Hall–Kier alpha value is -0.130. The lowest BCUT2D eigenvalue weighted by Gasteiger charge is -2.23. The molecule has 1 fully saturated rings. The summed E-state index contributed by atoms with van der Waals surface area (Å²) in [6.45, 7) is 2.23. The van der Waals surface area contributed by atoms with Gasteiger partial charge in [-0.25, -0.2) is 4.98 Å². The molecular weight excluding hydrogens is 322 g/mol. The highest BCUT2D eigenvalue weighted by atomic mass is 79.9. The molecule has 0 aliphatic carbocycles. The maximum absolute atomic E-state index is 4.24. The molecule has 1 aliphatic heterocycles. The molecule has 0 bridgehead atoms. The number of anilines is 1. The van der Waals surface area contributed by atoms with E-state index < -0.39 is 0 Å². The fraction of sp³-hybridized carbons (Fsp3) is 0.500. The molecule has 0 atom stereocenters. The van der Waals surface area contributed by atoms with Gasteiger partial charge in [0.1, 0.15) is 5.82 Å². The largest absolute Gasteiger partial charge is 0.367 e. The summed E-state index contributed by atoms with van der Waals surface area (Å²) in [5, 5.41) is 6.77. The van der Waals surface area contributed by atoms with Gasteiger partial charge in [-0.3, -0.25) is 0 Å². The topological polar surface area (TPSA) is 37.0 Å². The van der Waals surface area contributed by atoms with E-state index in [1.54, 1.807) is 0 Å². The molecule has 0 spiro atoms. The standard InChI is InChI=1S/C10H15N3.2BrH/c1-2-6-12-10(3-1)13-9-4-7-11-8-5-9;;/h1-3,6,9,11H,4-5,7-8H2,(H,12,13);2*1H. The Morgan fingerprint density at radius 3 is 2.53 bits per heavy atom. The number of hydrogen-bond donors (Lipinski definition) is 2. The van der Waals surface area contributed by atoms with E-state index in [9.17, 15) is 0 Å². The minimum Gasteiger partial charge on any atom is -0.367 e. The van der Waals surface area contributed by atoms with Gasteiger partial charge in [-0.2, -0.15) is 0 Å². The highest BCUT2D eigenvalue weighted by molar-refractivity contribution is 8.93. The van der Waals surface area contributed by atoms with Crippen molar-refractivity contribution in [3.63, 3.8) is 0 Å². The Morgan fingerprint density at radius 2 is 1.93 bits per heavy atom. The molecule has 2 heterocycles. The van der Waals surface area contributed by atoms with Crippen molar-refractivity contribution in [3.8, 4) is 0 Å². The van der Waals surface area contributed by atoms with E-state index in [2.05, 4.69) is 15.6 Å². The molecule has 1 aliphatic rings. The SMILES string of the molecule is Br.Br.c1ccc(NC2CCNCC2)nc1. The first kappa shape index (κ1) is 14.9. The van der Waals surface area contributed by atoms with Gasteiger partial charge in [0.05, 0.1) is 0 Å². The summed E-state index contributed by atoms with van der Waals surface area (Å²) in [4.78, 5) is 4.24. The van der Waals surface area contributed by atoms with Gasteiger partial charge in [0.15, 0.2) is 0 Å². The van der Waals surface area contributed by atoms with Crippen molar-refractivity contribution in [2.24, 2.45) is 0 Å². The maximum atomic E-state index is 4.24. The molecule has 2 rings (SSSR count). The molecule has 1 aromatic heterocycles. The van der Waals surface area contributed by atoms with E-state index in [0.29, 0.717) is 6.04 Å². The zero-order valence-corrected chi connectivity index (χ0v) is 11.9. The quantitative estimate of drug-likeness (QED) is 0.869. The molecule has 1 saturated heterocycles. The molecule has 5 heteroatoms. The zero-order valence-electron chi connectivity index (χ0n) is 8.48. The monoisotopic (exact) mass is 337 g/mol. The zero-order chi connectivity index (χ0) is 8.93. The van der Waals surface area contributed by atoms with Crippen LogP contribution >= 0.6 is 34.0 Å². The molecule has 0 saturated carbocycles. The van der Waals surface area contributed by atoms with Crippen LogP contribution in [0.25, 0.3) is 0 Å². The van der Waals surface area contributed by atoms with Gasteiger partial charge in [-0.15, -0.1) is 34.0 Å². The number of halogens is 2. The van der Waals surface area contributed by atoms with Crippen LogP contribution in [-0.2, 0) is 0 Å². The molecule has 86 valence electrons. The normalized spacial score (nSPS) is 16.0. The van der Waals surface area contributed by atoms with Crippen molar-refractivity contribution in [2.75, 3.05) is 18.4 Å². The third-order valence-corrected chi connectivity index (χ3v) is 2.36. The van der Waals surface area contributed by atoms with E-state index in [1.807, 2.05) is 24.4 Å². The first-order valence-electron chi connectivity index (χ1n) is 4.83. The second-order valence-electron chi connectivity index (χ2n) is 3.38. The summed E-state index contributed by atoms with van der Waals surface area (Å²) in [5.74, 6) is 0.995. The van der Waals surface area contributed by atoms with Crippen LogP contribution < -0.4 is 10.6 Å². The highest BCUT2D eigenvalue weighted by Crippen LogP contribution is 2.09. The summed E-state index contributed by atoms with van der Waals surface area (Å²) in [7, 11) is 0. The van der Waals surface area contributed by atoms with Gasteiger partial charge < -0.3 is 10.6 Å². The number of hydrogen-bond acceptors (Lipinski definition) is 3. The van der Waals surface area contributed by atoms with Gasteiger partial charge in [0.2, 0.25) is 0 Å². The average Bonchev–Trinajstić information content (AvgIpc) is 2.21. The van der Waals surface area contributed by atoms with Crippen molar-refractivity contribution < 1.29 is 0 Å². The molecule has 2 N–H and O–H groups in total. The third kappa shape index (κ3) is 4.95. The number of aromatic nitrogens is 1. The summed E-state index contributed by atoms with van der Waals surface area (Å²) >= 11 is 0. The number of nitrogens with zero attached hydrogens (tertiary/aromatic N) is 1. The van der Waals surface area contributed by atoms with E-state index >= 15 is 0 Å². The van der Waals surface area contributed by atoms with E-state index in [0.717, 1.165) is 18.9 Å². The summed E-state index contributed by atoms with van der Waals surface area (Å²) < 4.78 is 0. The lowest BCUT2D eigenvalue weighted by molar-refractivity contribution is 0.478. The Kier molecular flexibility index (Phi) is 8.00.